The molecule has 0 saturated carbocycles. The quantitative estimate of drug-likeness (QED) is 0.695. The topological polar surface area (TPSA) is 61.4 Å². The summed E-state index contributed by atoms with van der Waals surface area (Å²) >= 11 is 6.31. The molecule has 1 unspecified atom stereocenters. The van der Waals surface area contributed by atoms with E-state index in [0.717, 1.165) is 34.8 Å². The number of hydrogen-bond acceptors (Lipinski definition) is 4. The molecule has 7 heteroatoms. The van der Waals surface area contributed by atoms with Crippen LogP contribution >= 0.6 is 11.6 Å². The first kappa shape index (κ1) is 14.0. The first-order chi connectivity index (χ1) is 10.1. The Kier molecular flexibility index (Phi) is 3.63. The van der Waals surface area contributed by atoms with Gasteiger partial charge in [0.05, 0.1) is 23.3 Å². The fourth-order valence-electron chi connectivity index (χ4n) is 2.53. The highest BCUT2D eigenvalue weighted by molar-refractivity contribution is 6.20. The highest BCUT2D eigenvalue weighted by Crippen LogP contribution is 2.27. The molecule has 0 spiro atoms. The van der Waals surface area contributed by atoms with Crippen LogP contribution in [0, 0.1) is 0 Å². The minimum absolute atomic E-state index is 0.177. The van der Waals surface area contributed by atoms with E-state index in [0.29, 0.717) is 6.54 Å². The van der Waals surface area contributed by atoms with Crippen molar-refractivity contribution in [2.45, 2.75) is 32.2 Å². The molecule has 3 rings (SSSR count). The third kappa shape index (κ3) is 2.40. The molecule has 0 fully saturated rings. The summed E-state index contributed by atoms with van der Waals surface area (Å²) in [6.07, 6.45) is 4.13. The number of rotatable bonds is 4. The van der Waals surface area contributed by atoms with Crippen molar-refractivity contribution in [1.82, 2.24) is 29.3 Å². The largest absolute Gasteiger partial charge is 0.306 e. The number of nitrogens with zero attached hydrogens (tertiary/aromatic N) is 6. The van der Waals surface area contributed by atoms with Gasteiger partial charge in [0.1, 0.15) is 17.7 Å². The number of halogens is 1. The first-order valence-electron chi connectivity index (χ1n) is 6.92. The van der Waals surface area contributed by atoms with Gasteiger partial charge in [-0.2, -0.15) is 5.10 Å². The maximum absolute atomic E-state index is 6.31. The van der Waals surface area contributed by atoms with Crippen molar-refractivity contribution < 1.29 is 0 Å². The fourth-order valence-corrected chi connectivity index (χ4v) is 2.70. The SMILES string of the molecule is CCc1nn(C)c2c1nc(C(C)Cl)n2Cc1ccncn1. The van der Waals surface area contributed by atoms with Gasteiger partial charge in [-0.1, -0.05) is 6.92 Å². The summed E-state index contributed by atoms with van der Waals surface area (Å²) in [4.78, 5) is 12.9. The van der Waals surface area contributed by atoms with Crippen LogP contribution in [0.4, 0.5) is 0 Å². The minimum Gasteiger partial charge on any atom is -0.306 e. The molecule has 21 heavy (non-hydrogen) atoms. The predicted octanol–water partition coefficient (Wildman–Crippen LogP) is 2.47. The molecular weight excluding hydrogens is 288 g/mol. The molecule has 0 amide bonds. The number of aromatic nitrogens is 6. The number of imidazole rings is 1. The monoisotopic (exact) mass is 304 g/mol. The van der Waals surface area contributed by atoms with Crippen LogP contribution in [0.1, 0.15) is 36.4 Å². The van der Waals surface area contributed by atoms with E-state index in [4.69, 9.17) is 16.6 Å². The smallest absolute Gasteiger partial charge is 0.159 e. The number of hydrogen-bond donors (Lipinski definition) is 0. The molecule has 0 N–H and O–H groups in total. The van der Waals surface area contributed by atoms with Crippen molar-refractivity contribution in [2.75, 3.05) is 0 Å². The Bertz CT molecular complexity index is 759. The zero-order chi connectivity index (χ0) is 15.0. The molecule has 0 aliphatic rings. The molecule has 0 aliphatic carbocycles. The molecule has 0 saturated heterocycles. The molecule has 110 valence electrons. The maximum Gasteiger partial charge on any atom is 0.159 e. The van der Waals surface area contributed by atoms with Crippen molar-refractivity contribution >= 4 is 22.8 Å². The molecule has 3 aromatic heterocycles. The van der Waals surface area contributed by atoms with Crippen LogP contribution in [-0.2, 0) is 20.0 Å². The van der Waals surface area contributed by atoms with Crippen molar-refractivity contribution in [3.63, 3.8) is 0 Å². The fraction of sp³-hybridized carbons (Fsp3) is 0.429. The number of fused-ring (bicyclic) bond motifs is 1. The van der Waals surface area contributed by atoms with Crippen LogP contribution < -0.4 is 0 Å². The van der Waals surface area contributed by atoms with Gasteiger partial charge in [0.2, 0.25) is 0 Å². The van der Waals surface area contributed by atoms with Crippen LogP contribution in [0.5, 0.6) is 0 Å². The molecule has 6 nitrogen and oxygen atoms in total. The van der Waals surface area contributed by atoms with Gasteiger partial charge in [0.25, 0.3) is 0 Å². The van der Waals surface area contributed by atoms with Crippen LogP contribution in [-0.4, -0.2) is 29.3 Å². The Morgan fingerprint density at radius 1 is 1.38 bits per heavy atom. The van der Waals surface area contributed by atoms with Crippen molar-refractivity contribution in [2.24, 2.45) is 7.05 Å². The molecule has 0 bridgehead atoms. The predicted molar refractivity (Wildman–Crippen MR) is 81.3 cm³/mol. The molecule has 1 atom stereocenters. The van der Waals surface area contributed by atoms with E-state index in [2.05, 4.69) is 26.6 Å². The summed E-state index contributed by atoms with van der Waals surface area (Å²) in [5, 5.41) is 4.35. The average Bonchev–Trinajstić information content (AvgIpc) is 2.99. The second kappa shape index (κ2) is 5.44. The normalized spacial score (nSPS) is 13.0. The van der Waals surface area contributed by atoms with Gasteiger partial charge < -0.3 is 4.57 Å². The zero-order valence-electron chi connectivity index (χ0n) is 12.3. The molecular formula is C14H17ClN6. The lowest BCUT2D eigenvalue weighted by molar-refractivity contribution is 0.674. The first-order valence-corrected chi connectivity index (χ1v) is 7.36. The van der Waals surface area contributed by atoms with Gasteiger partial charge in [-0.3, -0.25) is 4.68 Å². The number of aryl methyl sites for hydroxylation is 2. The summed E-state index contributed by atoms with van der Waals surface area (Å²) in [5.74, 6) is 0.841. The van der Waals surface area contributed by atoms with Crippen molar-refractivity contribution in [3.05, 3.63) is 35.8 Å². The Morgan fingerprint density at radius 2 is 2.19 bits per heavy atom. The highest BCUT2D eigenvalue weighted by Gasteiger charge is 2.21. The van der Waals surface area contributed by atoms with Gasteiger partial charge in [-0.05, 0) is 19.4 Å². The Labute approximate surface area is 127 Å². The van der Waals surface area contributed by atoms with Gasteiger partial charge in [0, 0.05) is 13.2 Å². The lowest BCUT2D eigenvalue weighted by Crippen LogP contribution is -2.10. The second-order valence-corrected chi connectivity index (χ2v) is 5.62. The standard InChI is InChI=1S/C14H17ClN6/c1-4-11-12-14(20(3)19-11)21(13(18-12)9(2)15)7-10-5-6-16-8-17-10/h5-6,8-9H,4,7H2,1-3H3. The van der Waals surface area contributed by atoms with Crippen molar-refractivity contribution in [3.8, 4) is 0 Å². The van der Waals surface area contributed by atoms with Gasteiger partial charge in [-0.15, -0.1) is 11.6 Å². The summed E-state index contributed by atoms with van der Waals surface area (Å²) in [6, 6.07) is 1.89. The zero-order valence-corrected chi connectivity index (χ0v) is 13.0. The van der Waals surface area contributed by atoms with E-state index in [-0.39, 0.29) is 5.38 Å². The lowest BCUT2D eigenvalue weighted by atomic mass is 10.3. The summed E-state index contributed by atoms with van der Waals surface area (Å²) in [7, 11) is 1.93. The van der Waals surface area contributed by atoms with Gasteiger partial charge in [-0.25, -0.2) is 15.0 Å². The van der Waals surface area contributed by atoms with Gasteiger partial charge in [0.15, 0.2) is 5.65 Å². The number of alkyl halides is 1. The molecule has 3 heterocycles. The summed E-state index contributed by atoms with van der Waals surface area (Å²) in [5.41, 5.74) is 3.82. The Hall–Kier alpha value is -1.95. The summed E-state index contributed by atoms with van der Waals surface area (Å²) < 4.78 is 3.95. The average molecular weight is 305 g/mol. The molecule has 0 radical (unpaired) electrons. The maximum atomic E-state index is 6.31. The van der Waals surface area contributed by atoms with Crippen LogP contribution in [0.15, 0.2) is 18.6 Å². The van der Waals surface area contributed by atoms with E-state index in [9.17, 15) is 0 Å². The third-order valence-corrected chi connectivity index (χ3v) is 3.67. The summed E-state index contributed by atoms with van der Waals surface area (Å²) in [6.45, 7) is 4.61. The molecule has 0 aromatic carbocycles. The van der Waals surface area contributed by atoms with Gasteiger partial charge >= 0.3 is 0 Å². The Morgan fingerprint density at radius 3 is 2.81 bits per heavy atom. The van der Waals surface area contributed by atoms with E-state index in [1.807, 2.05) is 24.7 Å². The lowest BCUT2D eigenvalue weighted by Gasteiger charge is -2.10. The van der Waals surface area contributed by atoms with E-state index < -0.39 is 0 Å². The van der Waals surface area contributed by atoms with Crippen LogP contribution in [0.25, 0.3) is 11.2 Å². The van der Waals surface area contributed by atoms with E-state index in [1.165, 1.54) is 0 Å². The molecule has 3 aromatic rings. The highest BCUT2D eigenvalue weighted by atomic mass is 35.5. The third-order valence-electron chi connectivity index (χ3n) is 3.47. The Balaban J connectivity index is 2.18. The van der Waals surface area contributed by atoms with Crippen LogP contribution in [0.2, 0.25) is 0 Å². The molecule has 0 aliphatic heterocycles. The van der Waals surface area contributed by atoms with Crippen molar-refractivity contribution in [1.29, 1.82) is 0 Å². The van der Waals surface area contributed by atoms with Crippen LogP contribution in [0.3, 0.4) is 0 Å². The van der Waals surface area contributed by atoms with E-state index >= 15 is 0 Å². The van der Waals surface area contributed by atoms with E-state index in [1.54, 1.807) is 12.5 Å². The minimum atomic E-state index is -0.177. The second-order valence-electron chi connectivity index (χ2n) is 4.97.